The number of nitrogens with one attached hydrogen (secondary N) is 1. The number of anilines is 1. The molecule has 0 radical (unpaired) electrons. The number of alkyl halides is 3. The van der Waals surface area contributed by atoms with Gasteiger partial charge in [0.25, 0.3) is 5.91 Å². The molecule has 2 heterocycles. The number of morpholine rings is 1. The van der Waals surface area contributed by atoms with Crippen molar-refractivity contribution in [2.75, 3.05) is 31.6 Å². The largest absolute Gasteiger partial charge is 0.434 e. The Morgan fingerprint density at radius 3 is 2.61 bits per heavy atom. The zero-order valence-electron chi connectivity index (χ0n) is 14.4. The minimum atomic E-state index is -4.81. The fourth-order valence-electron chi connectivity index (χ4n) is 2.62. The van der Waals surface area contributed by atoms with E-state index in [1.807, 2.05) is 0 Å². The summed E-state index contributed by atoms with van der Waals surface area (Å²) in [5, 5.41) is 3.48. The molecule has 0 aliphatic carbocycles. The molecule has 0 spiro atoms. The average molecular weight is 435 g/mol. The van der Waals surface area contributed by atoms with Crippen LogP contribution in [0.3, 0.4) is 0 Å². The fourth-order valence-corrected chi connectivity index (χ4v) is 3.09. The van der Waals surface area contributed by atoms with E-state index in [1.165, 1.54) is 11.0 Å². The van der Waals surface area contributed by atoms with E-state index in [4.69, 9.17) is 27.9 Å². The van der Waals surface area contributed by atoms with Gasteiger partial charge in [-0.1, -0.05) is 29.3 Å². The maximum absolute atomic E-state index is 13.5. The molecule has 1 aliphatic heterocycles. The van der Waals surface area contributed by atoms with E-state index in [1.54, 1.807) is 12.1 Å². The van der Waals surface area contributed by atoms with Crippen LogP contribution in [-0.2, 0) is 17.5 Å². The number of benzene rings is 1. The Morgan fingerprint density at radius 1 is 1.25 bits per heavy atom. The Kier molecular flexibility index (Phi) is 6.26. The lowest BCUT2D eigenvalue weighted by Crippen LogP contribution is -2.41. The Morgan fingerprint density at radius 2 is 1.96 bits per heavy atom. The van der Waals surface area contributed by atoms with Gasteiger partial charge in [-0.25, -0.2) is 9.97 Å². The van der Waals surface area contributed by atoms with Crippen molar-refractivity contribution in [3.63, 3.8) is 0 Å². The molecule has 0 saturated carbocycles. The Hall–Kier alpha value is -2.10. The van der Waals surface area contributed by atoms with Crippen molar-refractivity contribution in [1.82, 2.24) is 14.9 Å². The molecule has 1 amide bonds. The maximum Gasteiger partial charge on any atom is 0.434 e. The van der Waals surface area contributed by atoms with E-state index in [-0.39, 0.29) is 38.8 Å². The van der Waals surface area contributed by atoms with Crippen molar-refractivity contribution < 1.29 is 22.7 Å². The van der Waals surface area contributed by atoms with Crippen LogP contribution in [0, 0.1) is 0 Å². The molecule has 28 heavy (non-hydrogen) atoms. The number of halogens is 5. The highest BCUT2D eigenvalue weighted by Gasteiger charge is 2.39. The third-order valence-electron chi connectivity index (χ3n) is 4.04. The van der Waals surface area contributed by atoms with Crippen molar-refractivity contribution in [3.05, 3.63) is 51.3 Å². The molecule has 1 aromatic heterocycles. The van der Waals surface area contributed by atoms with Gasteiger partial charge in [-0.15, -0.1) is 0 Å². The lowest BCUT2D eigenvalue weighted by Gasteiger charge is -2.27. The van der Waals surface area contributed by atoms with Crippen molar-refractivity contribution in [2.45, 2.75) is 12.7 Å². The zero-order valence-corrected chi connectivity index (χ0v) is 15.9. The predicted octanol–water partition coefficient (Wildman–Crippen LogP) is 3.89. The second-order valence-electron chi connectivity index (χ2n) is 5.95. The topological polar surface area (TPSA) is 67.4 Å². The van der Waals surface area contributed by atoms with E-state index >= 15 is 0 Å². The number of carbonyl (C=O) groups is 1. The number of hydrogen-bond donors (Lipinski definition) is 1. The van der Waals surface area contributed by atoms with Gasteiger partial charge in [0.15, 0.2) is 5.69 Å². The Labute approximate surface area is 168 Å². The first-order valence-electron chi connectivity index (χ1n) is 8.25. The summed E-state index contributed by atoms with van der Waals surface area (Å²) >= 11 is 11.9. The second kappa shape index (κ2) is 8.50. The standard InChI is InChI=1S/C17H15Cl2F3N4O2/c18-11-2-1-10(13(19)7-11)8-23-16-24-9-12(14(25-16)17(20,21)22)15(27)26-3-5-28-6-4-26/h1-2,7,9H,3-6,8H2,(H,23,24,25). The van der Waals surface area contributed by atoms with Crippen LogP contribution in [0.1, 0.15) is 21.6 Å². The summed E-state index contributed by atoms with van der Waals surface area (Å²) in [6.07, 6.45) is -3.92. The van der Waals surface area contributed by atoms with Gasteiger partial charge >= 0.3 is 6.18 Å². The number of carbonyl (C=O) groups excluding carboxylic acids is 1. The smallest absolute Gasteiger partial charge is 0.378 e. The molecule has 1 fully saturated rings. The van der Waals surface area contributed by atoms with E-state index in [9.17, 15) is 18.0 Å². The lowest BCUT2D eigenvalue weighted by atomic mass is 10.2. The molecule has 1 N–H and O–H groups in total. The number of amides is 1. The van der Waals surface area contributed by atoms with E-state index < -0.39 is 23.3 Å². The monoisotopic (exact) mass is 434 g/mol. The van der Waals surface area contributed by atoms with Gasteiger partial charge < -0.3 is 15.0 Å². The summed E-state index contributed by atoms with van der Waals surface area (Å²) in [7, 11) is 0. The third kappa shape index (κ3) is 4.84. The van der Waals surface area contributed by atoms with Crippen LogP contribution < -0.4 is 5.32 Å². The van der Waals surface area contributed by atoms with Gasteiger partial charge in [0.1, 0.15) is 0 Å². The van der Waals surface area contributed by atoms with Gasteiger partial charge in [0.2, 0.25) is 5.95 Å². The SMILES string of the molecule is O=C(c1cnc(NCc2ccc(Cl)cc2Cl)nc1C(F)(F)F)N1CCOCC1. The average Bonchev–Trinajstić information content (AvgIpc) is 2.66. The highest BCUT2D eigenvalue weighted by molar-refractivity contribution is 6.35. The van der Waals surface area contributed by atoms with Crippen LogP contribution >= 0.6 is 23.2 Å². The molecule has 1 saturated heterocycles. The van der Waals surface area contributed by atoms with Crippen LogP contribution in [0.5, 0.6) is 0 Å². The molecular formula is C17H15Cl2F3N4O2. The fraction of sp³-hybridized carbons (Fsp3) is 0.353. The Balaban J connectivity index is 1.83. The summed E-state index contributed by atoms with van der Waals surface area (Å²) in [5.41, 5.74) is -1.27. The maximum atomic E-state index is 13.5. The predicted molar refractivity (Wildman–Crippen MR) is 97.5 cm³/mol. The first-order valence-corrected chi connectivity index (χ1v) is 9.00. The number of rotatable bonds is 4. The molecule has 1 aromatic carbocycles. The number of ether oxygens (including phenoxy) is 1. The summed E-state index contributed by atoms with van der Waals surface area (Å²) in [6.45, 7) is 1.06. The quantitative estimate of drug-likeness (QED) is 0.790. The molecule has 150 valence electrons. The van der Waals surface area contributed by atoms with Crippen LogP contribution in [0.25, 0.3) is 0 Å². The molecule has 6 nitrogen and oxygen atoms in total. The minimum Gasteiger partial charge on any atom is -0.378 e. The first kappa shape index (κ1) is 20.6. The van der Waals surface area contributed by atoms with Gasteiger partial charge in [-0.3, -0.25) is 4.79 Å². The van der Waals surface area contributed by atoms with Crippen LogP contribution in [0.4, 0.5) is 19.1 Å². The molecule has 1 aliphatic rings. The zero-order chi connectivity index (χ0) is 20.3. The number of nitrogens with zero attached hydrogens (tertiary/aromatic N) is 3. The van der Waals surface area contributed by atoms with E-state index in [0.29, 0.717) is 15.6 Å². The van der Waals surface area contributed by atoms with Crippen LogP contribution in [-0.4, -0.2) is 47.1 Å². The van der Waals surface area contributed by atoms with Gasteiger partial charge in [0.05, 0.1) is 18.8 Å². The second-order valence-corrected chi connectivity index (χ2v) is 6.79. The normalized spacial score (nSPS) is 14.8. The third-order valence-corrected chi connectivity index (χ3v) is 4.62. The van der Waals surface area contributed by atoms with Crippen molar-refractivity contribution in [1.29, 1.82) is 0 Å². The Bertz CT molecular complexity index is 874. The molecule has 0 bridgehead atoms. The lowest BCUT2D eigenvalue weighted by molar-refractivity contribution is -0.141. The van der Waals surface area contributed by atoms with Crippen molar-refractivity contribution >= 4 is 35.1 Å². The van der Waals surface area contributed by atoms with Crippen LogP contribution in [0.2, 0.25) is 10.0 Å². The molecular weight excluding hydrogens is 420 g/mol. The summed E-state index contributed by atoms with van der Waals surface area (Å²) < 4.78 is 45.6. The van der Waals surface area contributed by atoms with Crippen molar-refractivity contribution in [2.24, 2.45) is 0 Å². The highest BCUT2D eigenvalue weighted by atomic mass is 35.5. The number of aromatic nitrogens is 2. The van der Waals surface area contributed by atoms with Gasteiger partial charge in [0, 0.05) is 35.9 Å². The van der Waals surface area contributed by atoms with E-state index in [2.05, 4.69) is 15.3 Å². The van der Waals surface area contributed by atoms with E-state index in [0.717, 1.165) is 6.20 Å². The van der Waals surface area contributed by atoms with Gasteiger partial charge in [-0.2, -0.15) is 13.2 Å². The van der Waals surface area contributed by atoms with Gasteiger partial charge in [-0.05, 0) is 17.7 Å². The highest BCUT2D eigenvalue weighted by Crippen LogP contribution is 2.31. The molecule has 2 aromatic rings. The molecule has 0 atom stereocenters. The summed E-state index contributed by atoms with van der Waals surface area (Å²) in [5.74, 6) is -1.04. The minimum absolute atomic E-state index is 0.0874. The molecule has 11 heteroatoms. The summed E-state index contributed by atoms with van der Waals surface area (Å²) in [4.78, 5) is 21.2. The number of hydrogen-bond acceptors (Lipinski definition) is 5. The van der Waals surface area contributed by atoms with Crippen molar-refractivity contribution in [3.8, 4) is 0 Å². The summed E-state index contributed by atoms with van der Waals surface area (Å²) in [6, 6.07) is 4.77. The first-order chi connectivity index (χ1) is 13.3. The van der Waals surface area contributed by atoms with Crippen LogP contribution in [0.15, 0.2) is 24.4 Å². The molecule has 3 rings (SSSR count). The molecule has 0 unspecified atom stereocenters.